The summed E-state index contributed by atoms with van der Waals surface area (Å²) in [5, 5.41) is 8.89. The normalized spacial score (nSPS) is 19.3. The zero-order chi connectivity index (χ0) is 10.7. The van der Waals surface area contributed by atoms with Crippen molar-refractivity contribution in [3.8, 4) is 11.5 Å². The maximum Gasteiger partial charge on any atom is 0.161 e. The number of para-hydroxylation sites is 2. The summed E-state index contributed by atoms with van der Waals surface area (Å²) in [5.74, 6) is 1.57. The Labute approximate surface area is 89.0 Å². The lowest BCUT2D eigenvalue weighted by atomic mass is 10.2. The molecule has 2 rings (SSSR count). The SMILES string of the molecule is CN(CO)CC1COc2ccccc2O1. The van der Waals surface area contributed by atoms with E-state index in [4.69, 9.17) is 14.6 Å². The van der Waals surface area contributed by atoms with Gasteiger partial charge >= 0.3 is 0 Å². The van der Waals surface area contributed by atoms with Crippen LogP contribution < -0.4 is 9.47 Å². The molecule has 0 amide bonds. The van der Waals surface area contributed by atoms with Crippen molar-refractivity contribution < 1.29 is 14.6 Å². The first kappa shape index (κ1) is 10.3. The monoisotopic (exact) mass is 209 g/mol. The van der Waals surface area contributed by atoms with Crippen molar-refractivity contribution in [1.82, 2.24) is 4.90 Å². The Morgan fingerprint density at radius 1 is 1.40 bits per heavy atom. The molecule has 1 aliphatic heterocycles. The van der Waals surface area contributed by atoms with Gasteiger partial charge in [0.05, 0.1) is 6.73 Å². The van der Waals surface area contributed by atoms with Crippen LogP contribution in [-0.4, -0.2) is 43.0 Å². The first-order valence-corrected chi connectivity index (χ1v) is 4.97. The Morgan fingerprint density at radius 2 is 2.13 bits per heavy atom. The molecule has 0 spiro atoms. The Morgan fingerprint density at radius 3 is 2.87 bits per heavy atom. The second-order valence-corrected chi connectivity index (χ2v) is 3.68. The second-order valence-electron chi connectivity index (χ2n) is 3.68. The van der Waals surface area contributed by atoms with Gasteiger partial charge in [-0.25, -0.2) is 0 Å². The molecule has 1 atom stereocenters. The molecule has 1 aliphatic rings. The molecule has 4 heteroatoms. The summed E-state index contributed by atoms with van der Waals surface area (Å²) in [6.07, 6.45) is -0.0166. The Balaban J connectivity index is 1.99. The molecule has 0 saturated carbocycles. The van der Waals surface area contributed by atoms with Gasteiger partial charge in [0.1, 0.15) is 12.7 Å². The number of aliphatic hydroxyl groups excluding tert-OH is 1. The number of likely N-dealkylation sites (N-methyl/N-ethyl adjacent to an activating group) is 1. The van der Waals surface area contributed by atoms with E-state index in [2.05, 4.69) is 0 Å². The summed E-state index contributed by atoms with van der Waals surface area (Å²) in [6, 6.07) is 7.62. The standard InChI is InChI=1S/C11H15NO3/c1-12(8-13)6-9-7-14-10-4-2-3-5-11(10)15-9/h2-5,9,13H,6-8H2,1H3. The highest BCUT2D eigenvalue weighted by atomic mass is 16.6. The van der Waals surface area contributed by atoms with E-state index >= 15 is 0 Å². The van der Waals surface area contributed by atoms with Crippen LogP contribution in [0.25, 0.3) is 0 Å². The molecular formula is C11H15NO3. The number of fused-ring (bicyclic) bond motifs is 1. The van der Waals surface area contributed by atoms with Gasteiger partial charge in [-0.2, -0.15) is 0 Å². The van der Waals surface area contributed by atoms with E-state index in [1.807, 2.05) is 31.3 Å². The molecule has 1 heterocycles. The fourth-order valence-electron chi connectivity index (χ4n) is 1.56. The highest BCUT2D eigenvalue weighted by Crippen LogP contribution is 2.30. The van der Waals surface area contributed by atoms with E-state index < -0.39 is 0 Å². The predicted octanol–water partition coefficient (Wildman–Crippen LogP) is 0.708. The van der Waals surface area contributed by atoms with Gasteiger partial charge in [-0.15, -0.1) is 0 Å². The number of ether oxygens (including phenoxy) is 2. The van der Waals surface area contributed by atoms with Crippen LogP contribution in [0.15, 0.2) is 24.3 Å². The van der Waals surface area contributed by atoms with Crippen molar-refractivity contribution in [2.75, 3.05) is 26.9 Å². The maximum atomic E-state index is 8.89. The Kier molecular flexibility index (Phi) is 3.08. The van der Waals surface area contributed by atoms with Crippen molar-refractivity contribution in [2.45, 2.75) is 6.10 Å². The van der Waals surface area contributed by atoms with E-state index in [1.165, 1.54) is 0 Å². The van der Waals surface area contributed by atoms with E-state index in [0.29, 0.717) is 13.2 Å². The third kappa shape index (κ3) is 2.40. The third-order valence-corrected chi connectivity index (χ3v) is 2.32. The summed E-state index contributed by atoms with van der Waals surface area (Å²) in [5.41, 5.74) is 0. The van der Waals surface area contributed by atoms with Crippen molar-refractivity contribution in [3.63, 3.8) is 0 Å². The van der Waals surface area contributed by atoms with E-state index in [1.54, 1.807) is 4.90 Å². The molecule has 0 aliphatic carbocycles. The topological polar surface area (TPSA) is 41.9 Å². The number of nitrogens with zero attached hydrogens (tertiary/aromatic N) is 1. The zero-order valence-corrected chi connectivity index (χ0v) is 8.72. The van der Waals surface area contributed by atoms with Crippen molar-refractivity contribution in [2.24, 2.45) is 0 Å². The van der Waals surface area contributed by atoms with Crippen LogP contribution in [0.2, 0.25) is 0 Å². The molecular weight excluding hydrogens is 194 g/mol. The molecule has 1 N–H and O–H groups in total. The van der Waals surface area contributed by atoms with Crippen LogP contribution in [0, 0.1) is 0 Å². The van der Waals surface area contributed by atoms with Gasteiger partial charge in [0.2, 0.25) is 0 Å². The van der Waals surface area contributed by atoms with Gasteiger partial charge in [0, 0.05) is 6.54 Å². The van der Waals surface area contributed by atoms with Crippen molar-refractivity contribution in [3.05, 3.63) is 24.3 Å². The second kappa shape index (κ2) is 4.51. The fourth-order valence-corrected chi connectivity index (χ4v) is 1.56. The van der Waals surface area contributed by atoms with E-state index in [0.717, 1.165) is 11.5 Å². The number of rotatable bonds is 3. The Bertz CT molecular complexity index is 329. The van der Waals surface area contributed by atoms with Crippen LogP contribution >= 0.6 is 0 Å². The maximum absolute atomic E-state index is 8.89. The molecule has 15 heavy (non-hydrogen) atoms. The molecule has 1 aromatic rings. The van der Waals surface area contributed by atoms with Gasteiger partial charge in [-0.1, -0.05) is 12.1 Å². The van der Waals surface area contributed by atoms with Gasteiger partial charge in [-0.05, 0) is 19.2 Å². The summed E-state index contributed by atoms with van der Waals surface area (Å²) in [4.78, 5) is 1.78. The molecule has 0 saturated heterocycles. The number of benzene rings is 1. The summed E-state index contributed by atoms with van der Waals surface area (Å²) in [6.45, 7) is 1.22. The molecule has 0 radical (unpaired) electrons. The minimum atomic E-state index is -0.0166. The predicted molar refractivity (Wildman–Crippen MR) is 56.1 cm³/mol. The molecule has 0 aromatic heterocycles. The summed E-state index contributed by atoms with van der Waals surface area (Å²) in [7, 11) is 1.84. The van der Waals surface area contributed by atoms with Crippen molar-refractivity contribution in [1.29, 1.82) is 0 Å². The van der Waals surface area contributed by atoms with Gasteiger partial charge in [0.15, 0.2) is 11.5 Å². The smallest absolute Gasteiger partial charge is 0.161 e. The zero-order valence-electron chi connectivity index (χ0n) is 8.72. The van der Waals surface area contributed by atoms with Crippen LogP contribution in [0.3, 0.4) is 0 Å². The van der Waals surface area contributed by atoms with Gasteiger partial charge in [0.25, 0.3) is 0 Å². The number of hydrogen-bond donors (Lipinski definition) is 1. The molecule has 1 unspecified atom stereocenters. The van der Waals surface area contributed by atoms with Crippen LogP contribution in [0.1, 0.15) is 0 Å². The van der Waals surface area contributed by atoms with Gasteiger partial charge in [-0.3, -0.25) is 4.90 Å². The van der Waals surface area contributed by atoms with Crippen LogP contribution in [0.4, 0.5) is 0 Å². The molecule has 4 nitrogen and oxygen atoms in total. The lowest BCUT2D eigenvalue weighted by Gasteiger charge is -2.28. The summed E-state index contributed by atoms with van der Waals surface area (Å²) >= 11 is 0. The van der Waals surface area contributed by atoms with E-state index in [9.17, 15) is 0 Å². The number of aliphatic hydroxyl groups is 1. The molecule has 0 fully saturated rings. The lowest BCUT2D eigenvalue weighted by Crippen LogP contribution is -2.39. The quantitative estimate of drug-likeness (QED) is 0.744. The number of hydrogen-bond acceptors (Lipinski definition) is 4. The first-order valence-electron chi connectivity index (χ1n) is 4.97. The highest BCUT2D eigenvalue weighted by molar-refractivity contribution is 5.40. The minimum Gasteiger partial charge on any atom is -0.486 e. The average Bonchev–Trinajstić information content (AvgIpc) is 2.29. The van der Waals surface area contributed by atoms with Gasteiger partial charge < -0.3 is 14.6 Å². The van der Waals surface area contributed by atoms with E-state index in [-0.39, 0.29) is 12.8 Å². The first-order chi connectivity index (χ1) is 7.29. The lowest BCUT2D eigenvalue weighted by molar-refractivity contribution is 0.0386. The largest absolute Gasteiger partial charge is 0.486 e. The van der Waals surface area contributed by atoms with Crippen molar-refractivity contribution >= 4 is 0 Å². The minimum absolute atomic E-state index is 0.0166. The Hall–Kier alpha value is -1.26. The molecule has 82 valence electrons. The molecule has 1 aromatic carbocycles. The highest BCUT2D eigenvalue weighted by Gasteiger charge is 2.21. The third-order valence-electron chi connectivity index (χ3n) is 2.32. The van der Waals surface area contributed by atoms with Crippen LogP contribution in [0.5, 0.6) is 11.5 Å². The summed E-state index contributed by atoms with van der Waals surface area (Å²) < 4.78 is 11.3. The van der Waals surface area contributed by atoms with Crippen LogP contribution in [-0.2, 0) is 0 Å². The average molecular weight is 209 g/mol. The molecule has 0 bridgehead atoms. The fraction of sp³-hybridized carbons (Fsp3) is 0.455.